The number of rotatable bonds is 2. The van der Waals surface area contributed by atoms with Crippen molar-refractivity contribution >= 4 is 18.3 Å². The minimum absolute atomic E-state index is 0.249. The fourth-order valence-corrected chi connectivity index (χ4v) is 1.56. The zero-order valence-corrected chi connectivity index (χ0v) is 8.77. The first-order chi connectivity index (χ1) is 7.66. The van der Waals surface area contributed by atoms with Crippen LogP contribution in [0, 0.1) is 0 Å². The lowest BCUT2D eigenvalue weighted by Crippen LogP contribution is -2.49. The van der Waals surface area contributed by atoms with E-state index in [1.54, 1.807) is 13.8 Å². The Kier molecular flexibility index (Phi) is 2.49. The van der Waals surface area contributed by atoms with Gasteiger partial charge in [0.1, 0.15) is 0 Å². The summed E-state index contributed by atoms with van der Waals surface area (Å²) >= 11 is 0. The van der Waals surface area contributed by atoms with Crippen molar-refractivity contribution in [1.82, 2.24) is 21.4 Å². The van der Waals surface area contributed by atoms with Crippen molar-refractivity contribution in [2.75, 3.05) is 0 Å². The average molecular weight is 225 g/mol. The van der Waals surface area contributed by atoms with Crippen molar-refractivity contribution in [2.24, 2.45) is 5.10 Å². The molecule has 3 N–H and O–H groups in total. The molecule has 86 valence electrons. The summed E-state index contributed by atoms with van der Waals surface area (Å²) in [5.74, 6) is 0.00847. The van der Waals surface area contributed by atoms with Gasteiger partial charge in [0.25, 0.3) is 12.4 Å². The van der Waals surface area contributed by atoms with Crippen molar-refractivity contribution in [1.29, 1.82) is 0 Å². The molecule has 0 radical (unpaired) electrons. The van der Waals surface area contributed by atoms with Gasteiger partial charge in [-0.1, -0.05) is 0 Å². The van der Waals surface area contributed by atoms with Crippen molar-refractivity contribution in [3.8, 4) is 0 Å². The summed E-state index contributed by atoms with van der Waals surface area (Å²) in [4.78, 5) is 23.5. The Morgan fingerprint density at radius 3 is 2.81 bits per heavy atom. The fraction of sp³-hybridized carbons (Fsp3) is 0.375. The summed E-state index contributed by atoms with van der Waals surface area (Å²) in [6, 6.07) is 0. The van der Waals surface area contributed by atoms with Gasteiger partial charge in [-0.3, -0.25) is 15.0 Å². The second-order valence-corrected chi connectivity index (χ2v) is 3.37. The highest BCUT2D eigenvalue weighted by molar-refractivity contribution is 6.08. The third-order valence-electron chi connectivity index (χ3n) is 2.54. The highest BCUT2D eigenvalue weighted by atomic mass is 16.5. The lowest BCUT2D eigenvalue weighted by molar-refractivity contribution is -0.140. The lowest BCUT2D eigenvalue weighted by Gasteiger charge is -2.22. The maximum atomic E-state index is 11.9. The molecule has 0 fully saturated rings. The minimum Gasteiger partial charge on any atom is -0.439 e. The van der Waals surface area contributed by atoms with E-state index < -0.39 is 6.23 Å². The molecule has 0 aromatic carbocycles. The van der Waals surface area contributed by atoms with Crippen LogP contribution in [-0.2, 0) is 14.3 Å². The van der Waals surface area contributed by atoms with Gasteiger partial charge in [0, 0.05) is 5.57 Å². The van der Waals surface area contributed by atoms with Crippen LogP contribution in [-0.4, -0.2) is 29.5 Å². The summed E-state index contributed by atoms with van der Waals surface area (Å²) < 4.78 is 4.87. The van der Waals surface area contributed by atoms with Crippen LogP contribution < -0.4 is 16.5 Å². The molecule has 2 aliphatic heterocycles. The summed E-state index contributed by atoms with van der Waals surface area (Å²) in [5, 5.41) is 3.80. The van der Waals surface area contributed by atoms with E-state index in [1.807, 2.05) is 0 Å². The molecule has 0 aromatic rings. The third-order valence-corrected chi connectivity index (χ3v) is 2.54. The number of hydrogen-bond donors (Lipinski definition) is 3. The highest BCUT2D eigenvalue weighted by Gasteiger charge is 2.40. The number of carbonyl (C=O) groups is 2. The number of hydrogen-bond acceptors (Lipinski definition) is 7. The predicted octanol–water partition coefficient (Wildman–Crippen LogP) is -1.45. The minimum atomic E-state index is -0.738. The number of amides is 1. The number of guanidine groups is 1. The van der Waals surface area contributed by atoms with Crippen molar-refractivity contribution in [3.05, 3.63) is 11.1 Å². The molecule has 0 saturated carbocycles. The van der Waals surface area contributed by atoms with Gasteiger partial charge >= 0.3 is 0 Å². The summed E-state index contributed by atoms with van der Waals surface area (Å²) in [5.41, 5.74) is 8.80. The molecule has 8 heteroatoms. The van der Waals surface area contributed by atoms with E-state index >= 15 is 0 Å². The van der Waals surface area contributed by atoms with E-state index in [4.69, 9.17) is 4.74 Å². The average Bonchev–Trinajstić information content (AvgIpc) is 2.85. The molecule has 16 heavy (non-hydrogen) atoms. The first kappa shape index (κ1) is 10.4. The molecule has 2 heterocycles. The Labute approximate surface area is 91.2 Å². The first-order valence-corrected chi connectivity index (χ1v) is 4.60. The Hall–Kier alpha value is -2.09. The van der Waals surface area contributed by atoms with Gasteiger partial charge in [0.15, 0.2) is 0 Å². The maximum absolute atomic E-state index is 11.9. The molecule has 0 aliphatic carbocycles. The zero-order valence-electron chi connectivity index (χ0n) is 8.77. The summed E-state index contributed by atoms with van der Waals surface area (Å²) in [6.45, 7) is 3.72. The molecule has 1 unspecified atom stereocenters. The lowest BCUT2D eigenvalue weighted by atomic mass is 10.2. The number of nitrogens with one attached hydrogen (secondary N) is 3. The van der Waals surface area contributed by atoms with Crippen LogP contribution in [0.5, 0.6) is 0 Å². The Bertz CT molecular complexity index is 402. The van der Waals surface area contributed by atoms with E-state index in [0.717, 1.165) is 0 Å². The second kappa shape index (κ2) is 3.81. The van der Waals surface area contributed by atoms with Gasteiger partial charge in [-0.25, -0.2) is 10.4 Å². The molecule has 2 aliphatic rings. The maximum Gasteiger partial charge on any atom is 0.295 e. The fourth-order valence-electron chi connectivity index (χ4n) is 1.56. The van der Waals surface area contributed by atoms with Crippen LogP contribution in [0.25, 0.3) is 0 Å². The van der Waals surface area contributed by atoms with E-state index in [9.17, 15) is 9.59 Å². The molecule has 0 saturated heterocycles. The SMILES string of the molecule is CC1=C(C)C(OC=O)N(C2=NNNN2)C1=O. The Morgan fingerprint density at radius 1 is 1.50 bits per heavy atom. The van der Waals surface area contributed by atoms with Crippen molar-refractivity contribution in [2.45, 2.75) is 20.1 Å². The number of nitrogens with zero attached hydrogens (tertiary/aromatic N) is 2. The van der Waals surface area contributed by atoms with Gasteiger partial charge in [0.05, 0.1) is 0 Å². The molecular formula is C8H11N5O3. The zero-order chi connectivity index (χ0) is 11.7. The molecule has 1 atom stereocenters. The Morgan fingerprint density at radius 2 is 2.25 bits per heavy atom. The largest absolute Gasteiger partial charge is 0.439 e. The number of ether oxygens (including phenoxy) is 1. The van der Waals surface area contributed by atoms with Crippen molar-refractivity contribution in [3.63, 3.8) is 0 Å². The monoisotopic (exact) mass is 225 g/mol. The molecule has 0 bridgehead atoms. The van der Waals surface area contributed by atoms with E-state index in [1.165, 1.54) is 4.90 Å². The highest BCUT2D eigenvalue weighted by Crippen LogP contribution is 2.25. The topological polar surface area (TPSA) is 95.1 Å². The van der Waals surface area contributed by atoms with Crippen LogP contribution in [0.15, 0.2) is 16.2 Å². The molecular weight excluding hydrogens is 214 g/mol. The quantitative estimate of drug-likeness (QED) is 0.497. The van der Waals surface area contributed by atoms with E-state index in [2.05, 4.69) is 21.6 Å². The van der Waals surface area contributed by atoms with Gasteiger partial charge in [-0.2, -0.15) is 0 Å². The standard InChI is InChI=1S/C8H11N5O3/c1-4-5(2)7(16-3-14)13(6(4)15)8-9-11-12-10-8/h3,7,11-12H,1-2H3,(H,9,10). The van der Waals surface area contributed by atoms with Gasteiger partial charge in [-0.05, 0) is 19.4 Å². The van der Waals surface area contributed by atoms with Gasteiger partial charge < -0.3 is 4.74 Å². The molecule has 0 spiro atoms. The van der Waals surface area contributed by atoms with Gasteiger partial charge in [-0.15, -0.1) is 10.6 Å². The van der Waals surface area contributed by atoms with Crippen LogP contribution >= 0.6 is 0 Å². The van der Waals surface area contributed by atoms with Gasteiger partial charge in [0.2, 0.25) is 12.2 Å². The third kappa shape index (κ3) is 1.39. The number of hydrazine groups is 2. The summed E-state index contributed by atoms with van der Waals surface area (Å²) in [7, 11) is 0. The predicted molar refractivity (Wildman–Crippen MR) is 53.0 cm³/mol. The van der Waals surface area contributed by atoms with Crippen LogP contribution in [0.2, 0.25) is 0 Å². The normalized spacial score (nSPS) is 24.1. The molecule has 2 rings (SSSR count). The van der Waals surface area contributed by atoms with E-state index in [-0.39, 0.29) is 11.9 Å². The molecule has 8 nitrogen and oxygen atoms in total. The first-order valence-electron chi connectivity index (χ1n) is 4.60. The molecule has 0 aromatic heterocycles. The number of carbonyl (C=O) groups excluding carboxylic acids is 2. The Balaban J connectivity index is 2.30. The van der Waals surface area contributed by atoms with Crippen LogP contribution in [0.1, 0.15) is 13.8 Å². The van der Waals surface area contributed by atoms with E-state index in [0.29, 0.717) is 17.6 Å². The summed E-state index contributed by atoms with van der Waals surface area (Å²) in [6.07, 6.45) is -0.738. The second-order valence-electron chi connectivity index (χ2n) is 3.37. The van der Waals surface area contributed by atoms with Crippen molar-refractivity contribution < 1.29 is 14.3 Å². The molecule has 1 amide bonds. The van der Waals surface area contributed by atoms with Crippen LogP contribution in [0.3, 0.4) is 0 Å². The smallest absolute Gasteiger partial charge is 0.295 e. The number of hydrazone groups is 1. The van der Waals surface area contributed by atoms with Crippen LogP contribution in [0.4, 0.5) is 0 Å².